The van der Waals surface area contributed by atoms with Crippen LogP contribution < -0.4 is 11.5 Å². The van der Waals surface area contributed by atoms with Crippen LogP contribution in [0, 0.1) is 0 Å². The highest BCUT2D eigenvalue weighted by atomic mass is 16.6. The lowest BCUT2D eigenvalue weighted by atomic mass is 10.3. The normalized spacial score (nSPS) is 13.4. The molecule has 0 aliphatic carbocycles. The second-order valence-electron chi connectivity index (χ2n) is 3.46. The van der Waals surface area contributed by atoms with Gasteiger partial charge in [-0.1, -0.05) is 0 Å². The topological polar surface area (TPSA) is 179 Å². The van der Waals surface area contributed by atoms with Crippen molar-refractivity contribution >= 4 is 17.8 Å². The smallest absolute Gasteiger partial charge is 0.358 e. The van der Waals surface area contributed by atoms with E-state index in [0.717, 1.165) is 12.4 Å². The molecule has 0 fully saturated rings. The average Bonchev–Trinajstić information content (AvgIpc) is 2.36. The van der Waals surface area contributed by atoms with Crippen molar-refractivity contribution in [3.8, 4) is 0 Å². The van der Waals surface area contributed by atoms with E-state index in [1.165, 1.54) is 0 Å². The first kappa shape index (κ1) is 14.5. The molecule has 1 aromatic heterocycles. The number of carbonyl (C=O) groups is 3. The van der Waals surface area contributed by atoms with Crippen LogP contribution in [0.5, 0.6) is 0 Å². The molecule has 10 heteroatoms. The van der Waals surface area contributed by atoms with Gasteiger partial charge in [-0.2, -0.15) is 0 Å². The van der Waals surface area contributed by atoms with Crippen LogP contribution in [0.15, 0.2) is 12.4 Å². The molecule has 0 saturated carbocycles. The van der Waals surface area contributed by atoms with Gasteiger partial charge in [-0.05, 0) is 0 Å². The van der Waals surface area contributed by atoms with Gasteiger partial charge in [-0.25, -0.2) is 19.6 Å². The number of carboxylic acid groups (broad SMARTS) is 1. The molecule has 6 N–H and O–H groups in total. The van der Waals surface area contributed by atoms with E-state index in [0.29, 0.717) is 0 Å². The van der Waals surface area contributed by atoms with E-state index in [4.69, 9.17) is 21.7 Å². The average molecular weight is 270 g/mol. The number of carboxylic acids is 1. The first-order chi connectivity index (χ1) is 8.74. The summed E-state index contributed by atoms with van der Waals surface area (Å²) in [6.07, 6.45) is 1.86. The van der Waals surface area contributed by atoms with Gasteiger partial charge in [0.05, 0.1) is 12.4 Å². The molecule has 0 saturated heterocycles. The number of nitrogens with two attached hydrogens (primary N) is 2. The van der Waals surface area contributed by atoms with Crippen molar-refractivity contribution in [2.24, 2.45) is 11.5 Å². The summed E-state index contributed by atoms with van der Waals surface area (Å²) in [7, 11) is 0. The molecule has 0 radical (unpaired) electrons. The van der Waals surface area contributed by atoms with E-state index >= 15 is 0 Å². The maximum Gasteiger partial charge on any atom is 0.358 e. The number of carbonyl (C=O) groups excluding carboxylic acids is 2. The molecule has 102 valence electrons. The van der Waals surface area contributed by atoms with Gasteiger partial charge in [0.2, 0.25) is 5.72 Å². The van der Waals surface area contributed by atoms with E-state index in [2.05, 4.69) is 14.7 Å². The van der Waals surface area contributed by atoms with Gasteiger partial charge in [0.15, 0.2) is 5.69 Å². The summed E-state index contributed by atoms with van der Waals surface area (Å²) in [5.41, 5.74) is 6.69. The van der Waals surface area contributed by atoms with Crippen LogP contribution in [0.2, 0.25) is 0 Å². The van der Waals surface area contributed by atoms with Crippen molar-refractivity contribution in [3.63, 3.8) is 0 Å². The highest BCUT2D eigenvalue weighted by Crippen LogP contribution is 2.02. The van der Waals surface area contributed by atoms with Gasteiger partial charge in [0.25, 0.3) is 5.91 Å². The number of amides is 1. The minimum absolute atomic E-state index is 0.155. The Morgan fingerprint density at radius 2 is 1.79 bits per heavy atom. The fourth-order valence-corrected chi connectivity index (χ4v) is 0.872. The molecule has 1 rings (SSSR count). The Bertz CT molecular complexity index is 512. The lowest BCUT2D eigenvalue weighted by molar-refractivity contribution is -0.162. The van der Waals surface area contributed by atoms with E-state index in [9.17, 15) is 14.4 Å². The Balaban J connectivity index is 2.69. The van der Waals surface area contributed by atoms with Crippen LogP contribution in [0.4, 0.5) is 0 Å². The first-order valence-electron chi connectivity index (χ1n) is 4.77. The van der Waals surface area contributed by atoms with E-state index in [-0.39, 0.29) is 11.4 Å². The van der Waals surface area contributed by atoms with Gasteiger partial charge in [-0.3, -0.25) is 10.5 Å². The van der Waals surface area contributed by atoms with Gasteiger partial charge in [0, 0.05) is 0 Å². The van der Waals surface area contributed by atoms with Crippen LogP contribution >= 0.6 is 0 Å². The Kier molecular flexibility index (Phi) is 4.09. The summed E-state index contributed by atoms with van der Waals surface area (Å²) >= 11 is 0. The molecule has 19 heavy (non-hydrogen) atoms. The quantitative estimate of drug-likeness (QED) is 0.331. The zero-order valence-electron chi connectivity index (χ0n) is 9.44. The lowest BCUT2D eigenvalue weighted by Gasteiger charge is -2.16. The molecule has 0 aromatic carbocycles. The van der Waals surface area contributed by atoms with E-state index in [1.807, 2.05) is 0 Å². The van der Waals surface area contributed by atoms with Crippen molar-refractivity contribution in [3.05, 3.63) is 23.8 Å². The highest BCUT2D eigenvalue weighted by molar-refractivity contribution is 5.91. The maximum atomic E-state index is 11.4. The second kappa shape index (κ2) is 5.37. The number of nitrogens with zero attached hydrogens (tertiary/aromatic N) is 2. The third-order valence-electron chi connectivity index (χ3n) is 1.91. The summed E-state index contributed by atoms with van der Waals surface area (Å²) in [5.74, 6) is -3.64. The number of rotatable bonds is 5. The molecule has 10 nitrogen and oxygen atoms in total. The zero-order valence-corrected chi connectivity index (χ0v) is 9.44. The van der Waals surface area contributed by atoms with Crippen molar-refractivity contribution in [2.45, 2.75) is 5.72 Å². The SMILES string of the molecule is NC(=O)c1cnc(C(=O)OC[C@@](N)(O)C(=O)O)cn1. The Labute approximate surface area is 106 Å². The first-order valence-corrected chi connectivity index (χ1v) is 4.77. The van der Waals surface area contributed by atoms with Crippen LogP contribution in [0.3, 0.4) is 0 Å². The monoisotopic (exact) mass is 270 g/mol. The molecule has 0 bridgehead atoms. The molecule has 1 amide bonds. The largest absolute Gasteiger partial charge is 0.478 e. The standard InChI is InChI=1S/C9H10N4O6/c10-6(14)4-1-13-5(2-12-4)7(15)19-3-9(11,18)8(16)17/h1-2,18H,3,11H2,(H2,10,14)(H,16,17)/t9-/m1/s1. The van der Waals surface area contributed by atoms with Crippen LogP contribution in [-0.4, -0.2) is 50.4 Å². The molecule has 1 heterocycles. The van der Waals surface area contributed by atoms with Gasteiger partial charge < -0.3 is 20.7 Å². The van der Waals surface area contributed by atoms with Gasteiger partial charge >= 0.3 is 11.9 Å². The predicted octanol–water partition coefficient (Wildman–Crippen LogP) is -2.54. The van der Waals surface area contributed by atoms with Gasteiger partial charge in [-0.15, -0.1) is 0 Å². The summed E-state index contributed by atoms with van der Waals surface area (Å²) in [4.78, 5) is 39.6. The minimum atomic E-state index is -2.70. The molecule has 1 aromatic rings. The van der Waals surface area contributed by atoms with E-state index in [1.54, 1.807) is 0 Å². The number of esters is 1. The minimum Gasteiger partial charge on any atom is -0.478 e. The van der Waals surface area contributed by atoms with Crippen molar-refractivity contribution < 1.29 is 29.3 Å². The Hall–Kier alpha value is -2.59. The number of aromatic nitrogens is 2. The molecular weight excluding hydrogens is 260 g/mol. The number of ether oxygens (including phenoxy) is 1. The lowest BCUT2D eigenvalue weighted by Crippen LogP contribution is -2.52. The van der Waals surface area contributed by atoms with Crippen LogP contribution in [0.1, 0.15) is 21.0 Å². The number of hydrogen-bond acceptors (Lipinski definition) is 8. The second-order valence-corrected chi connectivity index (χ2v) is 3.46. The molecule has 0 aliphatic heterocycles. The number of primary amides is 1. The third-order valence-corrected chi connectivity index (χ3v) is 1.91. The molecular formula is C9H10N4O6. The highest BCUT2D eigenvalue weighted by Gasteiger charge is 2.33. The zero-order chi connectivity index (χ0) is 14.6. The Morgan fingerprint density at radius 3 is 2.21 bits per heavy atom. The molecule has 0 spiro atoms. The Morgan fingerprint density at radius 1 is 1.26 bits per heavy atom. The number of aliphatic carboxylic acids is 1. The number of aliphatic hydroxyl groups is 1. The van der Waals surface area contributed by atoms with E-state index < -0.39 is 30.2 Å². The predicted molar refractivity (Wildman–Crippen MR) is 57.6 cm³/mol. The molecule has 0 aliphatic rings. The van der Waals surface area contributed by atoms with Crippen molar-refractivity contribution in [1.29, 1.82) is 0 Å². The summed E-state index contributed by atoms with van der Waals surface area (Å²) < 4.78 is 4.44. The molecule has 0 unspecified atom stereocenters. The van der Waals surface area contributed by atoms with Crippen LogP contribution in [0.25, 0.3) is 0 Å². The fourth-order valence-electron chi connectivity index (χ4n) is 0.872. The fraction of sp³-hybridized carbons (Fsp3) is 0.222. The maximum absolute atomic E-state index is 11.4. The summed E-state index contributed by atoms with van der Waals surface area (Å²) in [5, 5.41) is 17.6. The number of hydrogen-bond donors (Lipinski definition) is 4. The van der Waals surface area contributed by atoms with Gasteiger partial charge in [0.1, 0.15) is 12.3 Å². The summed E-state index contributed by atoms with van der Waals surface area (Å²) in [6.45, 7) is -0.972. The van der Waals surface area contributed by atoms with Crippen molar-refractivity contribution in [2.75, 3.05) is 6.61 Å². The van der Waals surface area contributed by atoms with Crippen molar-refractivity contribution in [1.82, 2.24) is 9.97 Å². The summed E-state index contributed by atoms with van der Waals surface area (Å²) in [6, 6.07) is 0. The molecule has 1 atom stereocenters. The third kappa shape index (κ3) is 3.69. The van der Waals surface area contributed by atoms with Crippen LogP contribution in [-0.2, 0) is 9.53 Å².